The molecule has 0 saturated heterocycles. The molecule has 0 unspecified atom stereocenters. The second kappa shape index (κ2) is 11.6. The van der Waals surface area contributed by atoms with Crippen LogP contribution in [-0.4, -0.2) is 23.0 Å². The largest absolute Gasteiger partial charge is 0.493 e. The van der Waals surface area contributed by atoms with Crippen LogP contribution >= 0.6 is 31.9 Å². The third-order valence-corrected chi connectivity index (χ3v) is 7.61. The Balaban J connectivity index is 1.56. The lowest BCUT2D eigenvalue weighted by molar-refractivity contribution is 0.284. The Hall–Kier alpha value is -2.97. The Kier molecular flexibility index (Phi) is 8.05. The average Bonchev–Trinajstić information content (AvgIpc) is 2.93. The number of halogens is 2. The van der Waals surface area contributed by atoms with Crippen molar-refractivity contribution in [3.63, 3.8) is 0 Å². The molecule has 190 valence electrons. The normalized spacial score (nSPS) is 14.4. The van der Waals surface area contributed by atoms with Gasteiger partial charge in [0.25, 0.3) is 5.56 Å². The van der Waals surface area contributed by atoms with E-state index in [2.05, 4.69) is 31.9 Å². The van der Waals surface area contributed by atoms with Gasteiger partial charge >= 0.3 is 0 Å². The summed E-state index contributed by atoms with van der Waals surface area (Å²) in [6.07, 6.45) is 7.16. The fourth-order valence-electron chi connectivity index (χ4n) is 4.72. The van der Waals surface area contributed by atoms with Gasteiger partial charge in [0.2, 0.25) is 0 Å². The lowest BCUT2D eigenvalue weighted by Crippen LogP contribution is -2.25. The van der Waals surface area contributed by atoms with Crippen molar-refractivity contribution < 1.29 is 9.47 Å². The van der Waals surface area contributed by atoms with Crippen molar-refractivity contribution in [1.29, 1.82) is 0 Å². The van der Waals surface area contributed by atoms with E-state index in [0.717, 1.165) is 46.0 Å². The second-order valence-corrected chi connectivity index (χ2v) is 11.0. The van der Waals surface area contributed by atoms with Crippen molar-refractivity contribution in [3.05, 3.63) is 96.9 Å². The average molecular weight is 625 g/mol. The molecule has 1 fully saturated rings. The second-order valence-electron chi connectivity index (χ2n) is 9.13. The van der Waals surface area contributed by atoms with Gasteiger partial charge in [0.15, 0.2) is 11.5 Å². The van der Waals surface area contributed by atoms with E-state index < -0.39 is 0 Å². The van der Waals surface area contributed by atoms with E-state index in [1.54, 1.807) is 19.4 Å². The predicted octanol–water partition coefficient (Wildman–Crippen LogP) is 7.44. The van der Waals surface area contributed by atoms with Crippen LogP contribution < -0.4 is 15.0 Å². The highest BCUT2D eigenvalue weighted by molar-refractivity contribution is 9.10. The van der Waals surface area contributed by atoms with E-state index in [9.17, 15) is 4.79 Å². The van der Waals surface area contributed by atoms with Gasteiger partial charge in [-0.1, -0.05) is 75.4 Å². The highest BCUT2D eigenvalue weighted by Crippen LogP contribution is 2.35. The summed E-state index contributed by atoms with van der Waals surface area (Å²) < 4.78 is 15.1. The number of hydrogen-bond acceptors (Lipinski definition) is 5. The lowest BCUT2D eigenvalue weighted by Gasteiger charge is -2.22. The topological polar surface area (TPSA) is 65.7 Å². The molecule has 1 aromatic heterocycles. The van der Waals surface area contributed by atoms with Gasteiger partial charge in [-0.25, -0.2) is 4.98 Å². The molecule has 0 atom stereocenters. The van der Waals surface area contributed by atoms with Crippen molar-refractivity contribution in [2.75, 3.05) is 7.11 Å². The summed E-state index contributed by atoms with van der Waals surface area (Å²) in [6.45, 7) is 0.358. The van der Waals surface area contributed by atoms with E-state index in [1.165, 1.54) is 11.1 Å². The number of rotatable bonds is 7. The maximum absolute atomic E-state index is 13.6. The number of methoxy groups -OCH3 is 1. The third kappa shape index (κ3) is 5.80. The number of fused-ring (bicyclic) bond motifs is 1. The van der Waals surface area contributed by atoms with Crippen molar-refractivity contribution in [2.24, 2.45) is 5.10 Å². The summed E-state index contributed by atoms with van der Waals surface area (Å²) in [5.41, 5.74) is 2.26. The number of ether oxygens (including phenoxy) is 2. The Morgan fingerprint density at radius 1 is 1.03 bits per heavy atom. The molecule has 0 amide bonds. The van der Waals surface area contributed by atoms with Gasteiger partial charge in [0.1, 0.15) is 12.4 Å². The smallest absolute Gasteiger partial charge is 0.282 e. The standard InChI is InChI=1S/C29H27Br2N3O3/c1-36-26-16-23(31)15-21(27(26)37-18-19-11-13-22(30)14-12-19)17-32-34-28(20-7-3-2-4-8-20)33-25-10-6-5-9-24(25)29(34)35/h5-6,9-17,20H,2-4,7-8,18H2,1H3. The fourth-order valence-corrected chi connectivity index (χ4v) is 5.44. The molecular formula is C29H27Br2N3O3. The van der Waals surface area contributed by atoms with E-state index in [4.69, 9.17) is 19.6 Å². The molecule has 0 aliphatic heterocycles. The molecule has 0 radical (unpaired) electrons. The van der Waals surface area contributed by atoms with Gasteiger partial charge in [0, 0.05) is 20.4 Å². The van der Waals surface area contributed by atoms with E-state index in [-0.39, 0.29) is 11.5 Å². The predicted molar refractivity (Wildman–Crippen MR) is 154 cm³/mol. The van der Waals surface area contributed by atoms with Gasteiger partial charge in [-0.05, 0) is 54.8 Å². The Bertz CT molecular complexity index is 1490. The van der Waals surface area contributed by atoms with Crippen LogP contribution in [0.2, 0.25) is 0 Å². The molecule has 1 aliphatic rings. The minimum atomic E-state index is -0.165. The van der Waals surface area contributed by atoms with Crippen molar-refractivity contribution in [1.82, 2.24) is 9.66 Å². The maximum Gasteiger partial charge on any atom is 0.282 e. The van der Waals surface area contributed by atoms with Crippen LogP contribution in [0.15, 0.2) is 79.5 Å². The molecule has 0 spiro atoms. The fraction of sp³-hybridized carbons (Fsp3) is 0.276. The lowest BCUT2D eigenvalue weighted by atomic mass is 9.88. The first kappa shape index (κ1) is 25.7. The Morgan fingerprint density at radius 3 is 2.54 bits per heavy atom. The molecule has 8 heteroatoms. The maximum atomic E-state index is 13.6. The summed E-state index contributed by atoms with van der Waals surface area (Å²) in [6, 6.07) is 19.2. The third-order valence-electron chi connectivity index (χ3n) is 6.63. The monoisotopic (exact) mass is 623 g/mol. The minimum Gasteiger partial charge on any atom is -0.493 e. The van der Waals surface area contributed by atoms with E-state index >= 15 is 0 Å². The summed E-state index contributed by atoms with van der Waals surface area (Å²) >= 11 is 7.02. The summed E-state index contributed by atoms with van der Waals surface area (Å²) in [5, 5.41) is 5.25. The molecule has 1 heterocycles. The van der Waals surface area contributed by atoms with Crippen LogP contribution in [0.25, 0.3) is 10.9 Å². The number of benzene rings is 3. The molecule has 0 N–H and O–H groups in total. The van der Waals surface area contributed by atoms with Gasteiger partial charge in [-0.2, -0.15) is 9.78 Å². The summed E-state index contributed by atoms with van der Waals surface area (Å²) in [7, 11) is 1.61. The van der Waals surface area contributed by atoms with Gasteiger partial charge in [-0.3, -0.25) is 4.79 Å². The van der Waals surface area contributed by atoms with Crippen molar-refractivity contribution >= 4 is 49.0 Å². The van der Waals surface area contributed by atoms with Crippen LogP contribution in [0.4, 0.5) is 0 Å². The number of hydrogen-bond donors (Lipinski definition) is 0. The van der Waals surface area contributed by atoms with E-state index in [0.29, 0.717) is 34.6 Å². The SMILES string of the molecule is COc1cc(Br)cc(C=Nn2c(C3CCCCC3)nc3ccccc3c2=O)c1OCc1ccc(Br)cc1. The minimum absolute atomic E-state index is 0.165. The van der Waals surface area contributed by atoms with Crippen LogP contribution in [0, 0.1) is 0 Å². The highest BCUT2D eigenvalue weighted by atomic mass is 79.9. The first-order chi connectivity index (χ1) is 18.0. The molecule has 6 nitrogen and oxygen atoms in total. The summed E-state index contributed by atoms with van der Waals surface area (Å²) in [4.78, 5) is 18.5. The first-order valence-electron chi connectivity index (χ1n) is 12.3. The van der Waals surface area contributed by atoms with Gasteiger partial charge < -0.3 is 9.47 Å². The van der Waals surface area contributed by atoms with Crippen LogP contribution in [0.5, 0.6) is 11.5 Å². The Labute approximate surface area is 232 Å². The molecule has 5 rings (SSSR count). The van der Waals surface area contributed by atoms with Crippen molar-refractivity contribution in [3.8, 4) is 11.5 Å². The number of aromatic nitrogens is 2. The summed E-state index contributed by atoms with van der Waals surface area (Å²) in [5.74, 6) is 2.05. The van der Waals surface area contributed by atoms with Crippen LogP contribution in [0.3, 0.4) is 0 Å². The van der Waals surface area contributed by atoms with E-state index in [1.807, 2.05) is 54.6 Å². The molecule has 4 aromatic rings. The molecule has 0 bridgehead atoms. The molecule has 3 aromatic carbocycles. The first-order valence-corrected chi connectivity index (χ1v) is 13.9. The number of nitrogens with zero attached hydrogens (tertiary/aromatic N) is 3. The molecule has 37 heavy (non-hydrogen) atoms. The molecular weight excluding hydrogens is 598 g/mol. The zero-order valence-electron chi connectivity index (χ0n) is 20.5. The van der Waals surface area contributed by atoms with Gasteiger partial charge in [0.05, 0.1) is 24.2 Å². The highest BCUT2D eigenvalue weighted by Gasteiger charge is 2.22. The Morgan fingerprint density at radius 2 is 1.78 bits per heavy atom. The van der Waals surface area contributed by atoms with Gasteiger partial charge in [-0.15, -0.1) is 0 Å². The van der Waals surface area contributed by atoms with Crippen LogP contribution in [0.1, 0.15) is 55.0 Å². The zero-order valence-corrected chi connectivity index (χ0v) is 23.7. The van der Waals surface area contributed by atoms with Crippen LogP contribution in [-0.2, 0) is 6.61 Å². The number of para-hydroxylation sites is 1. The van der Waals surface area contributed by atoms with Crippen molar-refractivity contribution in [2.45, 2.75) is 44.6 Å². The zero-order chi connectivity index (χ0) is 25.8. The molecule has 1 saturated carbocycles. The molecule has 1 aliphatic carbocycles. The quantitative estimate of drug-likeness (QED) is 0.200.